The van der Waals surface area contributed by atoms with Gasteiger partial charge >= 0.3 is 0 Å². The molecular formula is C23H25ClN2O2. The third kappa shape index (κ3) is 4.14. The third-order valence-corrected chi connectivity index (χ3v) is 5.83. The normalized spacial score (nSPS) is 15.8. The van der Waals surface area contributed by atoms with E-state index in [1.165, 1.54) is 5.56 Å². The van der Waals surface area contributed by atoms with Crippen LogP contribution >= 0.6 is 11.6 Å². The first-order valence-corrected chi connectivity index (χ1v) is 10.1. The Morgan fingerprint density at radius 1 is 1.11 bits per heavy atom. The number of nitrogens with zero attached hydrogens (tertiary/aromatic N) is 2. The largest absolute Gasteiger partial charge is 0.497 e. The summed E-state index contributed by atoms with van der Waals surface area (Å²) in [6.07, 6.45) is 2.09. The van der Waals surface area contributed by atoms with Crippen LogP contribution in [0.2, 0.25) is 5.02 Å². The standard InChI is InChI=1S/C23H25ClN2O2/c1-28-21-7-4-18-12-19(14-26-10-8-16(15-27)9-11-26)23(25-22(18)13-21)17-2-5-20(24)6-3-17/h2-7,12-13,16,27H,8-11,14-15H2,1H3. The summed E-state index contributed by atoms with van der Waals surface area (Å²) in [6.45, 7) is 3.16. The van der Waals surface area contributed by atoms with Crippen molar-refractivity contribution in [1.29, 1.82) is 0 Å². The van der Waals surface area contributed by atoms with Crippen LogP contribution in [0.5, 0.6) is 5.75 Å². The number of fused-ring (bicyclic) bond motifs is 1. The van der Waals surface area contributed by atoms with Gasteiger partial charge in [0.1, 0.15) is 5.75 Å². The minimum atomic E-state index is 0.295. The number of ether oxygens (including phenoxy) is 1. The Kier molecular flexibility index (Phi) is 5.81. The van der Waals surface area contributed by atoms with Gasteiger partial charge in [-0.1, -0.05) is 23.7 Å². The first-order valence-electron chi connectivity index (χ1n) is 9.73. The molecule has 0 spiro atoms. The number of benzene rings is 2. The Bertz CT molecular complexity index is 951. The smallest absolute Gasteiger partial charge is 0.121 e. The number of likely N-dealkylation sites (tertiary alicyclic amines) is 1. The van der Waals surface area contributed by atoms with Crippen LogP contribution in [0.15, 0.2) is 48.5 Å². The van der Waals surface area contributed by atoms with Crippen molar-refractivity contribution in [1.82, 2.24) is 9.88 Å². The maximum absolute atomic E-state index is 9.39. The van der Waals surface area contributed by atoms with Crippen molar-refractivity contribution in [3.05, 3.63) is 59.1 Å². The molecule has 0 atom stereocenters. The first-order chi connectivity index (χ1) is 13.7. The molecule has 2 heterocycles. The van der Waals surface area contributed by atoms with Crippen LogP contribution in [0.4, 0.5) is 0 Å². The fourth-order valence-corrected chi connectivity index (χ4v) is 3.99. The Labute approximate surface area is 170 Å². The van der Waals surface area contributed by atoms with Gasteiger partial charge in [-0.15, -0.1) is 0 Å². The summed E-state index contributed by atoms with van der Waals surface area (Å²) < 4.78 is 5.37. The number of hydrogen-bond acceptors (Lipinski definition) is 4. The molecule has 0 radical (unpaired) electrons. The highest BCUT2D eigenvalue weighted by molar-refractivity contribution is 6.30. The van der Waals surface area contributed by atoms with Crippen molar-refractivity contribution in [2.45, 2.75) is 19.4 Å². The van der Waals surface area contributed by atoms with Gasteiger partial charge in [-0.05, 0) is 67.7 Å². The molecule has 1 N–H and O–H groups in total. The minimum absolute atomic E-state index is 0.295. The lowest BCUT2D eigenvalue weighted by Crippen LogP contribution is -2.34. The molecule has 0 unspecified atom stereocenters. The van der Waals surface area contributed by atoms with Crippen LogP contribution in [-0.2, 0) is 6.54 Å². The molecule has 28 heavy (non-hydrogen) atoms. The summed E-state index contributed by atoms with van der Waals surface area (Å²) in [5.74, 6) is 1.25. The Hall–Kier alpha value is -2.14. The predicted octanol–water partition coefficient (Wildman–Crippen LogP) is 4.77. The maximum atomic E-state index is 9.39. The van der Waals surface area contributed by atoms with Crippen molar-refractivity contribution >= 4 is 22.5 Å². The van der Waals surface area contributed by atoms with Gasteiger partial charge in [0.2, 0.25) is 0 Å². The molecule has 0 amide bonds. The van der Waals surface area contributed by atoms with Crippen LogP contribution in [0.25, 0.3) is 22.2 Å². The van der Waals surface area contributed by atoms with E-state index in [0.717, 1.165) is 65.4 Å². The Morgan fingerprint density at radius 2 is 1.86 bits per heavy atom. The van der Waals surface area contributed by atoms with Crippen LogP contribution in [0, 0.1) is 5.92 Å². The van der Waals surface area contributed by atoms with Crippen LogP contribution in [-0.4, -0.2) is 41.8 Å². The fourth-order valence-electron chi connectivity index (χ4n) is 3.86. The molecule has 0 bridgehead atoms. The van der Waals surface area contributed by atoms with Crippen LogP contribution in [0.1, 0.15) is 18.4 Å². The molecule has 1 saturated heterocycles. The number of hydrogen-bond donors (Lipinski definition) is 1. The topological polar surface area (TPSA) is 45.6 Å². The zero-order valence-electron chi connectivity index (χ0n) is 16.1. The minimum Gasteiger partial charge on any atom is -0.497 e. The second-order valence-electron chi connectivity index (χ2n) is 7.46. The van der Waals surface area contributed by atoms with E-state index in [1.54, 1.807) is 7.11 Å². The Morgan fingerprint density at radius 3 is 2.54 bits per heavy atom. The number of methoxy groups -OCH3 is 1. The molecule has 4 rings (SSSR count). The van der Waals surface area contributed by atoms with Crippen molar-refractivity contribution in [3.63, 3.8) is 0 Å². The zero-order chi connectivity index (χ0) is 19.5. The number of piperidine rings is 1. The van der Waals surface area contributed by atoms with E-state index in [9.17, 15) is 5.11 Å². The number of aromatic nitrogens is 1. The SMILES string of the molecule is COc1ccc2cc(CN3CCC(CO)CC3)c(-c3ccc(Cl)cc3)nc2c1. The summed E-state index contributed by atoms with van der Waals surface area (Å²) in [7, 11) is 1.67. The van der Waals surface area contributed by atoms with E-state index in [4.69, 9.17) is 21.3 Å². The molecule has 2 aromatic carbocycles. The van der Waals surface area contributed by atoms with E-state index in [2.05, 4.69) is 17.0 Å². The van der Waals surface area contributed by atoms with Gasteiger partial charge in [0.25, 0.3) is 0 Å². The highest BCUT2D eigenvalue weighted by atomic mass is 35.5. The number of rotatable bonds is 5. The van der Waals surface area contributed by atoms with E-state index in [-0.39, 0.29) is 0 Å². The molecule has 4 nitrogen and oxygen atoms in total. The lowest BCUT2D eigenvalue weighted by atomic mass is 9.96. The van der Waals surface area contributed by atoms with Crippen molar-refractivity contribution < 1.29 is 9.84 Å². The number of pyridine rings is 1. The van der Waals surface area contributed by atoms with E-state index in [0.29, 0.717) is 12.5 Å². The van der Waals surface area contributed by atoms with Crippen molar-refractivity contribution in [2.75, 3.05) is 26.8 Å². The number of halogens is 1. The first kappa shape index (κ1) is 19.2. The monoisotopic (exact) mass is 396 g/mol. The average molecular weight is 397 g/mol. The molecule has 5 heteroatoms. The molecule has 146 valence electrons. The van der Waals surface area contributed by atoms with Gasteiger partial charge in [0, 0.05) is 35.2 Å². The molecule has 0 aliphatic carbocycles. The van der Waals surface area contributed by atoms with Crippen molar-refractivity contribution in [3.8, 4) is 17.0 Å². The number of aliphatic hydroxyl groups is 1. The van der Waals surface area contributed by atoms with E-state index in [1.807, 2.05) is 36.4 Å². The van der Waals surface area contributed by atoms with Gasteiger partial charge in [0.05, 0.1) is 18.3 Å². The van der Waals surface area contributed by atoms with Crippen molar-refractivity contribution in [2.24, 2.45) is 5.92 Å². The fraction of sp³-hybridized carbons (Fsp3) is 0.348. The van der Waals surface area contributed by atoms with Crippen LogP contribution < -0.4 is 4.74 Å². The molecule has 1 fully saturated rings. The van der Waals surface area contributed by atoms with E-state index < -0.39 is 0 Å². The van der Waals surface area contributed by atoms with Gasteiger partial charge < -0.3 is 9.84 Å². The van der Waals surface area contributed by atoms with E-state index >= 15 is 0 Å². The molecule has 1 aliphatic heterocycles. The molecule has 0 saturated carbocycles. The molecule has 1 aromatic heterocycles. The Balaban J connectivity index is 1.72. The quantitative estimate of drug-likeness (QED) is 0.674. The van der Waals surface area contributed by atoms with Gasteiger partial charge in [-0.25, -0.2) is 4.98 Å². The lowest BCUT2D eigenvalue weighted by Gasteiger charge is -2.31. The predicted molar refractivity (Wildman–Crippen MR) is 114 cm³/mol. The number of aliphatic hydroxyl groups excluding tert-OH is 1. The third-order valence-electron chi connectivity index (χ3n) is 5.58. The lowest BCUT2D eigenvalue weighted by molar-refractivity contribution is 0.127. The van der Waals surface area contributed by atoms with Gasteiger partial charge in [-0.3, -0.25) is 4.90 Å². The second kappa shape index (κ2) is 8.48. The molecule has 1 aliphatic rings. The average Bonchev–Trinajstić information content (AvgIpc) is 2.74. The zero-order valence-corrected chi connectivity index (χ0v) is 16.8. The van der Waals surface area contributed by atoms with Crippen LogP contribution in [0.3, 0.4) is 0 Å². The summed E-state index contributed by atoms with van der Waals surface area (Å²) in [5.41, 5.74) is 4.19. The summed E-state index contributed by atoms with van der Waals surface area (Å²) in [5, 5.41) is 11.2. The maximum Gasteiger partial charge on any atom is 0.121 e. The summed E-state index contributed by atoms with van der Waals surface area (Å²) >= 11 is 6.09. The highest BCUT2D eigenvalue weighted by Gasteiger charge is 2.20. The summed E-state index contributed by atoms with van der Waals surface area (Å²) in [6, 6.07) is 16.1. The highest BCUT2D eigenvalue weighted by Crippen LogP contribution is 2.30. The van der Waals surface area contributed by atoms with Gasteiger partial charge in [-0.2, -0.15) is 0 Å². The second-order valence-corrected chi connectivity index (χ2v) is 7.90. The molecule has 3 aromatic rings. The summed E-state index contributed by atoms with van der Waals surface area (Å²) in [4.78, 5) is 7.45. The van der Waals surface area contributed by atoms with Gasteiger partial charge in [0.15, 0.2) is 0 Å². The molecular weight excluding hydrogens is 372 g/mol.